The van der Waals surface area contributed by atoms with E-state index >= 15 is 0 Å². The second-order valence-electron chi connectivity index (χ2n) is 12.1. The van der Waals surface area contributed by atoms with Gasteiger partial charge in [-0.15, -0.1) is 0 Å². The van der Waals surface area contributed by atoms with Gasteiger partial charge in [0.25, 0.3) is 0 Å². The predicted octanol–water partition coefficient (Wildman–Crippen LogP) is 0.917. The lowest BCUT2D eigenvalue weighted by molar-refractivity contribution is -0.153. The maximum Gasteiger partial charge on any atom is 0.331 e. The number of aliphatic hydroxyl groups excluding tert-OH is 1. The highest BCUT2D eigenvalue weighted by Crippen LogP contribution is 2.21. The zero-order valence-electron chi connectivity index (χ0n) is 28.4. The van der Waals surface area contributed by atoms with E-state index in [1.807, 2.05) is 31.2 Å². The Hall–Kier alpha value is -5.02. The van der Waals surface area contributed by atoms with E-state index in [4.69, 9.17) is 20.9 Å². The number of guanidine groups is 1. The Balaban J connectivity index is 1.50. The van der Waals surface area contributed by atoms with Gasteiger partial charge in [0.05, 0.1) is 25.6 Å². The fraction of sp³-hybridized carbons (Fsp3) is 0.486. The van der Waals surface area contributed by atoms with E-state index in [1.54, 1.807) is 30.3 Å². The Morgan fingerprint density at radius 2 is 1.64 bits per heavy atom. The molecule has 0 bridgehead atoms. The molecule has 1 saturated carbocycles. The number of nitrogens with zero attached hydrogens (tertiary/aromatic N) is 1. The number of carbonyl (C=O) groups excluding carboxylic acids is 5. The van der Waals surface area contributed by atoms with E-state index in [0.717, 1.165) is 30.5 Å². The summed E-state index contributed by atoms with van der Waals surface area (Å²) >= 11 is 0. The number of esters is 2. The highest BCUT2D eigenvalue weighted by atomic mass is 16.5. The number of nitrogens with one attached hydrogen (secondary N) is 4. The average Bonchev–Trinajstić information content (AvgIpc) is 3.11. The Morgan fingerprint density at radius 3 is 2.32 bits per heavy atom. The number of carbonyl (C=O) groups is 5. The summed E-state index contributed by atoms with van der Waals surface area (Å²) in [4.78, 5) is 68.2. The summed E-state index contributed by atoms with van der Waals surface area (Å²) in [6.07, 6.45) is 4.14. The molecular weight excluding hydrogens is 646 g/mol. The normalized spacial score (nSPS) is 15.1. The third-order valence-corrected chi connectivity index (χ3v) is 7.92. The van der Waals surface area contributed by atoms with Crippen molar-refractivity contribution in [2.45, 2.75) is 89.1 Å². The van der Waals surface area contributed by atoms with Gasteiger partial charge in [-0.3, -0.25) is 24.2 Å². The first-order chi connectivity index (χ1) is 24.0. The molecule has 1 fully saturated rings. The molecule has 0 aliphatic heterocycles. The molecule has 50 heavy (non-hydrogen) atoms. The monoisotopic (exact) mass is 695 g/mol. The van der Waals surface area contributed by atoms with E-state index in [0.29, 0.717) is 31.4 Å². The van der Waals surface area contributed by atoms with Gasteiger partial charge in [0, 0.05) is 12.2 Å². The molecule has 0 heterocycles. The highest BCUT2D eigenvalue weighted by Gasteiger charge is 2.31. The lowest BCUT2D eigenvalue weighted by Crippen LogP contribution is -2.55. The summed E-state index contributed by atoms with van der Waals surface area (Å²) in [6.45, 7) is 0.872. The molecule has 2 aromatic rings. The van der Waals surface area contributed by atoms with Crippen LogP contribution in [0.15, 0.2) is 59.6 Å². The quantitative estimate of drug-likeness (QED) is 0.0501. The smallest absolute Gasteiger partial charge is 0.331 e. The Labute approximate surface area is 291 Å². The summed E-state index contributed by atoms with van der Waals surface area (Å²) in [5.74, 6) is -3.71. The minimum Gasteiger partial charge on any atom is -0.462 e. The van der Waals surface area contributed by atoms with Crippen molar-refractivity contribution in [3.63, 3.8) is 0 Å². The fourth-order valence-electron chi connectivity index (χ4n) is 5.08. The van der Waals surface area contributed by atoms with Crippen LogP contribution in [0.25, 0.3) is 0 Å². The maximum absolute atomic E-state index is 13.2. The van der Waals surface area contributed by atoms with Crippen molar-refractivity contribution in [3.05, 3.63) is 65.7 Å². The van der Waals surface area contributed by atoms with Gasteiger partial charge in [-0.2, -0.15) is 0 Å². The maximum atomic E-state index is 13.2. The number of hydrogen-bond donors (Lipinski definition) is 7. The highest BCUT2D eigenvalue weighted by molar-refractivity contribution is 5.95. The van der Waals surface area contributed by atoms with E-state index in [2.05, 4.69) is 26.3 Å². The molecule has 0 saturated heterocycles. The second kappa shape index (κ2) is 21.1. The van der Waals surface area contributed by atoms with Gasteiger partial charge in [-0.05, 0) is 63.1 Å². The topological polar surface area (TPSA) is 237 Å². The summed E-state index contributed by atoms with van der Waals surface area (Å²) in [5, 5.41) is 20.0. The molecule has 272 valence electrons. The van der Waals surface area contributed by atoms with Crippen LogP contribution >= 0.6 is 0 Å². The third kappa shape index (κ3) is 14.6. The van der Waals surface area contributed by atoms with Crippen molar-refractivity contribution in [3.8, 4) is 0 Å². The third-order valence-electron chi connectivity index (χ3n) is 7.92. The van der Waals surface area contributed by atoms with Crippen LogP contribution in [0.4, 0.5) is 5.69 Å². The molecule has 1 aliphatic rings. The van der Waals surface area contributed by atoms with Gasteiger partial charge < -0.3 is 47.3 Å². The van der Waals surface area contributed by atoms with Crippen molar-refractivity contribution in [1.82, 2.24) is 16.0 Å². The minimum atomic E-state index is -1.48. The lowest BCUT2D eigenvalue weighted by atomic mass is 9.98. The van der Waals surface area contributed by atoms with E-state index in [9.17, 15) is 29.1 Å². The Morgan fingerprint density at radius 1 is 0.940 bits per heavy atom. The summed E-state index contributed by atoms with van der Waals surface area (Å²) in [6, 6.07) is 12.6. The summed E-state index contributed by atoms with van der Waals surface area (Å²) < 4.78 is 10.7. The molecule has 0 aromatic heterocycles. The van der Waals surface area contributed by atoms with E-state index in [1.165, 1.54) is 0 Å². The fourth-order valence-corrected chi connectivity index (χ4v) is 5.08. The molecule has 3 rings (SSSR count). The molecule has 2 aromatic carbocycles. The van der Waals surface area contributed by atoms with Crippen molar-refractivity contribution in [1.29, 1.82) is 0 Å². The molecule has 3 amide bonds. The molecular formula is C35H49N7O8. The standard InChI is InChI=1S/C35H49N7O8/c1-23-14-16-25(17-15-23)40-35(37)38-18-8-13-27(36)32(46)39-20-30(44)41-28(19-31(45)50-26-11-6-3-7-12-26)33(47)42-29(21-43)34(48)49-22-24-9-4-2-5-10-24/h2,4-5,9-10,14-17,26-29,43H,3,6-8,11-13,18-22,36H2,1H3,(H,39,46)(H,41,44)(H,42,47)(H3,37,38,40)/t27-,28-,29-/m0/s1. The number of hydrogen-bond acceptors (Lipinski definition) is 10. The molecule has 15 heteroatoms. The predicted molar refractivity (Wildman–Crippen MR) is 186 cm³/mol. The SMILES string of the molecule is Cc1ccc(NC(N)=NCCC[C@H](N)C(=O)NCC(=O)N[C@@H](CC(=O)OC2CCCCC2)C(=O)N[C@@H](CO)C(=O)OCc2ccccc2)cc1. The van der Waals surface area contributed by atoms with Gasteiger partial charge in [-0.1, -0.05) is 54.4 Å². The van der Waals surface area contributed by atoms with Gasteiger partial charge >= 0.3 is 11.9 Å². The van der Waals surface area contributed by atoms with Gasteiger partial charge in [0.2, 0.25) is 17.7 Å². The van der Waals surface area contributed by atoms with Crippen LogP contribution in [0.3, 0.4) is 0 Å². The van der Waals surface area contributed by atoms with Crippen LogP contribution in [0, 0.1) is 6.92 Å². The first kappa shape index (κ1) is 39.4. The molecule has 0 radical (unpaired) electrons. The Bertz CT molecular complexity index is 1430. The second-order valence-corrected chi connectivity index (χ2v) is 12.1. The van der Waals surface area contributed by atoms with Crippen LogP contribution in [-0.2, 0) is 40.1 Å². The molecule has 1 aliphatic carbocycles. The van der Waals surface area contributed by atoms with Crippen LogP contribution < -0.4 is 32.7 Å². The van der Waals surface area contributed by atoms with Crippen LogP contribution in [0.1, 0.15) is 62.5 Å². The summed E-state index contributed by atoms with van der Waals surface area (Å²) in [7, 11) is 0. The molecule has 3 atom stereocenters. The van der Waals surface area contributed by atoms with Crippen LogP contribution in [0.2, 0.25) is 0 Å². The van der Waals surface area contributed by atoms with E-state index < -0.39 is 67.4 Å². The van der Waals surface area contributed by atoms with Crippen LogP contribution in [0.5, 0.6) is 0 Å². The summed E-state index contributed by atoms with van der Waals surface area (Å²) in [5.41, 5.74) is 14.5. The number of aryl methyl sites for hydroxylation is 1. The minimum absolute atomic E-state index is 0.0890. The zero-order valence-corrected chi connectivity index (χ0v) is 28.4. The Kier molecular flexibility index (Phi) is 16.7. The van der Waals surface area contributed by atoms with Crippen LogP contribution in [-0.4, -0.2) is 84.7 Å². The number of amides is 3. The molecule has 0 unspecified atom stereocenters. The molecule has 9 N–H and O–H groups in total. The van der Waals surface area contributed by atoms with Gasteiger partial charge in [0.1, 0.15) is 18.8 Å². The van der Waals surface area contributed by atoms with Crippen molar-refractivity contribution in [2.24, 2.45) is 16.5 Å². The van der Waals surface area contributed by atoms with E-state index in [-0.39, 0.29) is 25.1 Å². The average molecular weight is 696 g/mol. The number of aliphatic hydroxyl groups is 1. The zero-order chi connectivity index (χ0) is 36.3. The number of rotatable bonds is 18. The first-order valence-electron chi connectivity index (χ1n) is 16.8. The molecule has 15 nitrogen and oxygen atoms in total. The number of anilines is 1. The van der Waals surface area contributed by atoms with Gasteiger partial charge in [0.15, 0.2) is 12.0 Å². The first-order valence-corrected chi connectivity index (χ1v) is 16.8. The van der Waals surface area contributed by atoms with Gasteiger partial charge in [-0.25, -0.2) is 4.79 Å². The van der Waals surface area contributed by atoms with Crippen molar-refractivity contribution >= 4 is 41.3 Å². The number of aliphatic imine (C=N–C) groups is 1. The number of benzene rings is 2. The lowest BCUT2D eigenvalue weighted by Gasteiger charge is -2.24. The van der Waals surface area contributed by atoms with Crippen molar-refractivity contribution in [2.75, 3.05) is 25.0 Å². The van der Waals surface area contributed by atoms with Crippen molar-refractivity contribution < 1.29 is 38.6 Å². The largest absolute Gasteiger partial charge is 0.462 e. The number of ether oxygens (including phenoxy) is 2. The number of nitrogens with two attached hydrogens (primary N) is 2. The molecule has 0 spiro atoms.